The zero-order valence-corrected chi connectivity index (χ0v) is 25.8. The van der Waals surface area contributed by atoms with Gasteiger partial charge in [-0.1, -0.05) is 10.7 Å². The number of hydrogen-bond acceptors (Lipinski definition) is 9. The molecule has 1 atom stereocenters. The van der Waals surface area contributed by atoms with Crippen molar-refractivity contribution in [1.82, 2.24) is 15.2 Å². The summed E-state index contributed by atoms with van der Waals surface area (Å²) in [6.07, 6.45) is -0.200. The van der Waals surface area contributed by atoms with E-state index < -0.39 is 12.0 Å². The fourth-order valence-corrected chi connectivity index (χ4v) is 6.47. The SMILES string of the molecule is CCOc1ccc(N2C(=O)C(CC(=O)Nc3ccc(-c4nc5ccc(C)cc5s4)cc3)N(Cc3c([O-])on[n+]3C)C2=S)cc1. The molecule has 1 saturated heterocycles. The lowest BCUT2D eigenvalue weighted by molar-refractivity contribution is -0.746. The highest BCUT2D eigenvalue weighted by Gasteiger charge is 2.45. The van der Waals surface area contributed by atoms with Crippen LogP contribution < -0.4 is 24.7 Å². The van der Waals surface area contributed by atoms with Crippen LogP contribution in [0, 0.1) is 6.92 Å². The van der Waals surface area contributed by atoms with E-state index in [4.69, 9.17) is 26.5 Å². The molecule has 44 heavy (non-hydrogen) atoms. The number of nitrogens with zero attached hydrogens (tertiary/aromatic N) is 5. The molecule has 1 unspecified atom stereocenters. The van der Waals surface area contributed by atoms with Crippen LogP contribution in [0.5, 0.6) is 11.7 Å². The number of amides is 2. The maximum atomic E-state index is 13.8. The maximum Gasteiger partial charge on any atom is 0.256 e. The number of ether oxygens (including phenoxy) is 1. The Hall–Kier alpha value is -4.88. The predicted octanol–water partition coefficient (Wildman–Crippen LogP) is 4.09. The molecule has 6 rings (SSSR count). The molecule has 11 nitrogen and oxygen atoms in total. The number of thiazole rings is 1. The molecule has 2 aromatic heterocycles. The topological polar surface area (TPSA) is 128 Å². The van der Waals surface area contributed by atoms with Gasteiger partial charge in [0, 0.05) is 11.3 Å². The lowest BCUT2D eigenvalue weighted by atomic mass is 10.1. The highest BCUT2D eigenvalue weighted by molar-refractivity contribution is 7.80. The summed E-state index contributed by atoms with van der Waals surface area (Å²) in [5.74, 6) is -0.764. The molecule has 0 saturated carbocycles. The molecule has 1 N–H and O–H groups in total. The van der Waals surface area contributed by atoms with Gasteiger partial charge in [0.15, 0.2) is 18.1 Å². The molecule has 3 aromatic carbocycles. The summed E-state index contributed by atoms with van der Waals surface area (Å²) in [4.78, 5) is 34.7. The van der Waals surface area contributed by atoms with Gasteiger partial charge in [0.1, 0.15) is 23.3 Å². The first kappa shape index (κ1) is 29.2. The Balaban J connectivity index is 1.21. The zero-order valence-electron chi connectivity index (χ0n) is 24.1. The van der Waals surface area contributed by atoms with Crippen molar-refractivity contribution in [2.75, 3.05) is 16.8 Å². The number of hydrogen-bond donors (Lipinski definition) is 1. The minimum atomic E-state index is -0.964. The minimum absolute atomic E-state index is 0.0642. The predicted molar refractivity (Wildman–Crippen MR) is 167 cm³/mol. The molecule has 3 heterocycles. The molecule has 13 heteroatoms. The van der Waals surface area contributed by atoms with Crippen molar-refractivity contribution in [3.8, 4) is 22.3 Å². The Morgan fingerprint density at radius 1 is 1.16 bits per heavy atom. The number of aromatic nitrogens is 3. The van der Waals surface area contributed by atoms with E-state index in [-0.39, 0.29) is 35.6 Å². The molecule has 0 spiro atoms. The van der Waals surface area contributed by atoms with Gasteiger partial charge in [0.2, 0.25) is 5.91 Å². The Kier molecular flexibility index (Phi) is 7.97. The summed E-state index contributed by atoms with van der Waals surface area (Å²) in [6, 6.07) is 19.5. The van der Waals surface area contributed by atoms with Crippen LogP contribution in [0.2, 0.25) is 0 Å². The number of nitrogens with one attached hydrogen (secondary N) is 1. The number of fused-ring (bicyclic) bond motifs is 1. The van der Waals surface area contributed by atoms with Gasteiger partial charge in [0.25, 0.3) is 11.6 Å². The Bertz CT molecular complexity index is 1850. The number of carbonyl (C=O) groups is 2. The van der Waals surface area contributed by atoms with Gasteiger partial charge < -0.3 is 24.6 Å². The Morgan fingerprint density at radius 2 is 1.91 bits per heavy atom. The molecule has 5 aromatic rings. The molecule has 0 radical (unpaired) electrons. The van der Waals surface area contributed by atoms with Crippen LogP contribution in [0.1, 0.15) is 24.6 Å². The number of rotatable bonds is 9. The van der Waals surface area contributed by atoms with Crippen LogP contribution in [0.15, 0.2) is 71.3 Å². The van der Waals surface area contributed by atoms with Gasteiger partial charge in [0.05, 0.1) is 34.2 Å². The van der Waals surface area contributed by atoms with E-state index in [9.17, 15) is 14.7 Å². The lowest BCUT2D eigenvalue weighted by Crippen LogP contribution is -2.42. The van der Waals surface area contributed by atoms with Crippen LogP contribution in [-0.4, -0.2) is 44.7 Å². The minimum Gasteiger partial charge on any atom is -0.539 e. The molecule has 0 bridgehead atoms. The monoisotopic (exact) mass is 628 g/mol. The number of aryl methyl sites for hydroxylation is 2. The summed E-state index contributed by atoms with van der Waals surface area (Å²) in [5.41, 5.74) is 4.35. The van der Waals surface area contributed by atoms with Crippen LogP contribution in [0.25, 0.3) is 20.8 Å². The Labute approximate surface area is 262 Å². The highest BCUT2D eigenvalue weighted by atomic mass is 32.1. The smallest absolute Gasteiger partial charge is 0.256 e. The normalized spacial score (nSPS) is 14.9. The maximum absolute atomic E-state index is 13.8. The van der Waals surface area contributed by atoms with Gasteiger partial charge in [-0.2, -0.15) is 0 Å². The summed E-state index contributed by atoms with van der Waals surface area (Å²) in [5, 5.41) is 19.9. The van der Waals surface area contributed by atoms with Gasteiger partial charge in [-0.3, -0.25) is 14.5 Å². The quantitative estimate of drug-likeness (QED) is 0.190. The first-order valence-corrected chi connectivity index (χ1v) is 15.1. The molecule has 2 amide bonds. The largest absolute Gasteiger partial charge is 0.539 e. The molecule has 1 aliphatic rings. The van der Waals surface area contributed by atoms with Crippen molar-refractivity contribution in [2.45, 2.75) is 32.9 Å². The Morgan fingerprint density at radius 3 is 2.59 bits per heavy atom. The van der Waals surface area contributed by atoms with Crippen LogP contribution in [0.3, 0.4) is 0 Å². The molecule has 1 aliphatic heterocycles. The van der Waals surface area contributed by atoms with Crippen LogP contribution in [0.4, 0.5) is 11.4 Å². The summed E-state index contributed by atoms with van der Waals surface area (Å²) in [7, 11) is 1.56. The van der Waals surface area contributed by atoms with Crippen molar-refractivity contribution >= 4 is 62.1 Å². The number of benzene rings is 3. The van der Waals surface area contributed by atoms with Crippen molar-refractivity contribution in [3.63, 3.8) is 0 Å². The fraction of sp³-hybridized carbons (Fsp3) is 0.226. The lowest BCUT2D eigenvalue weighted by Gasteiger charge is -2.22. The van der Waals surface area contributed by atoms with E-state index in [1.54, 1.807) is 59.7 Å². The third-order valence-corrected chi connectivity index (χ3v) is 8.74. The van der Waals surface area contributed by atoms with Gasteiger partial charge in [-0.15, -0.1) is 11.3 Å². The second-order valence-corrected chi connectivity index (χ2v) is 11.7. The second kappa shape index (κ2) is 12.0. The summed E-state index contributed by atoms with van der Waals surface area (Å²) < 4.78 is 12.7. The number of carbonyl (C=O) groups excluding carboxylic acids is 2. The molecule has 1 fully saturated rings. The summed E-state index contributed by atoms with van der Waals surface area (Å²) >= 11 is 7.33. The van der Waals surface area contributed by atoms with E-state index in [0.29, 0.717) is 23.7 Å². The molecular weight excluding hydrogens is 601 g/mol. The first-order chi connectivity index (χ1) is 21.2. The van der Waals surface area contributed by atoms with E-state index in [0.717, 1.165) is 20.8 Å². The van der Waals surface area contributed by atoms with Crippen molar-refractivity contribution in [2.24, 2.45) is 7.05 Å². The molecular formula is C31H28N6O5S2. The number of anilines is 2. The van der Waals surface area contributed by atoms with E-state index >= 15 is 0 Å². The molecule has 0 aliphatic carbocycles. The van der Waals surface area contributed by atoms with Crippen molar-refractivity contribution in [3.05, 3.63) is 78.0 Å². The zero-order chi connectivity index (χ0) is 31.0. The van der Waals surface area contributed by atoms with Crippen molar-refractivity contribution < 1.29 is 28.6 Å². The number of thiocarbonyl (C=S) groups is 1. The van der Waals surface area contributed by atoms with E-state index in [1.807, 2.05) is 31.2 Å². The van der Waals surface area contributed by atoms with Gasteiger partial charge in [-0.25, -0.2) is 4.98 Å². The third-order valence-electron chi connectivity index (χ3n) is 7.26. The highest BCUT2D eigenvalue weighted by Crippen LogP contribution is 2.33. The van der Waals surface area contributed by atoms with Crippen LogP contribution >= 0.6 is 23.6 Å². The van der Waals surface area contributed by atoms with Gasteiger partial charge >= 0.3 is 0 Å². The average Bonchev–Trinajstić information content (AvgIpc) is 3.64. The molecule has 224 valence electrons. The van der Waals surface area contributed by atoms with Gasteiger partial charge in [-0.05, 0) is 92.3 Å². The average molecular weight is 629 g/mol. The third kappa shape index (κ3) is 5.71. The van der Waals surface area contributed by atoms with E-state index in [2.05, 4.69) is 23.6 Å². The summed E-state index contributed by atoms with van der Waals surface area (Å²) in [6.45, 7) is 4.37. The van der Waals surface area contributed by atoms with E-state index in [1.165, 1.54) is 15.1 Å². The van der Waals surface area contributed by atoms with Crippen molar-refractivity contribution in [1.29, 1.82) is 0 Å². The fourth-order valence-electron chi connectivity index (χ4n) is 5.01. The standard InChI is InChI=1S/C31H28N6O5S2/c1-4-41-22-12-10-21(11-13-22)37-29(39)24(36(31(37)43)17-25-30(40)42-34-35(25)3)16-27(38)32-20-8-6-19(7-9-20)28-33-23-14-5-18(2)15-26(23)44-28/h5-15,24H,4,16-17H2,1-3H3,(H-,32,33,34,38,40). The second-order valence-electron chi connectivity index (χ2n) is 10.3. The first-order valence-electron chi connectivity index (χ1n) is 13.9. The van der Waals surface area contributed by atoms with Crippen LogP contribution in [-0.2, 0) is 23.2 Å².